The van der Waals surface area contributed by atoms with Crippen LogP contribution in [0.3, 0.4) is 0 Å². The monoisotopic (exact) mass is 366 g/mol. The van der Waals surface area contributed by atoms with E-state index < -0.39 is 5.76 Å². The van der Waals surface area contributed by atoms with Gasteiger partial charge in [0.2, 0.25) is 11.7 Å². The number of rotatable bonds is 5. The number of anilines is 1. The number of carbonyl (C=O) groups is 1. The van der Waals surface area contributed by atoms with Crippen molar-refractivity contribution in [2.75, 3.05) is 5.32 Å². The quantitative estimate of drug-likeness (QED) is 0.556. The second kappa shape index (κ2) is 6.79. The van der Waals surface area contributed by atoms with Crippen LogP contribution in [0.1, 0.15) is 22.1 Å². The lowest BCUT2D eigenvalue weighted by Gasteiger charge is -2.10. The number of para-hydroxylation sites is 1. The van der Waals surface area contributed by atoms with Gasteiger partial charge < -0.3 is 19.0 Å². The molecule has 2 heterocycles. The van der Waals surface area contributed by atoms with Crippen molar-refractivity contribution in [1.82, 2.24) is 15.1 Å². The van der Waals surface area contributed by atoms with Gasteiger partial charge in [-0.05, 0) is 30.3 Å². The number of aromatic amines is 1. The van der Waals surface area contributed by atoms with Crippen LogP contribution < -0.4 is 15.8 Å². The first-order chi connectivity index (χ1) is 13.1. The Morgan fingerprint density at radius 2 is 2.11 bits per heavy atom. The average Bonchev–Trinajstić information content (AvgIpc) is 3.24. The topological polar surface area (TPSA) is 123 Å². The zero-order valence-corrected chi connectivity index (χ0v) is 14.2. The molecular weight excluding hydrogens is 352 g/mol. The molecule has 9 heteroatoms. The fourth-order valence-electron chi connectivity index (χ4n) is 2.55. The van der Waals surface area contributed by atoms with E-state index in [9.17, 15) is 9.59 Å². The van der Waals surface area contributed by atoms with Crippen LogP contribution in [0, 0.1) is 6.92 Å². The molecule has 136 valence electrons. The Bertz CT molecular complexity index is 1170. The highest BCUT2D eigenvalue weighted by atomic mass is 16.5. The summed E-state index contributed by atoms with van der Waals surface area (Å²) >= 11 is 0. The summed E-state index contributed by atoms with van der Waals surface area (Å²) in [4.78, 5) is 30.5. The predicted octanol–water partition coefficient (Wildman–Crippen LogP) is 2.64. The molecule has 0 atom stereocenters. The number of benzene rings is 2. The number of ether oxygens (including phenoxy) is 1. The van der Waals surface area contributed by atoms with E-state index in [-0.39, 0.29) is 12.5 Å². The first kappa shape index (κ1) is 16.6. The summed E-state index contributed by atoms with van der Waals surface area (Å²) in [6.07, 6.45) is 0. The van der Waals surface area contributed by atoms with Crippen LogP contribution in [0.25, 0.3) is 11.1 Å². The molecule has 4 rings (SSSR count). The number of hydrogen-bond acceptors (Lipinski definition) is 7. The molecule has 0 spiro atoms. The van der Waals surface area contributed by atoms with E-state index in [0.717, 1.165) is 0 Å². The van der Waals surface area contributed by atoms with Gasteiger partial charge in [0, 0.05) is 12.6 Å². The third kappa shape index (κ3) is 3.56. The van der Waals surface area contributed by atoms with Gasteiger partial charge in [-0.15, -0.1) is 0 Å². The lowest BCUT2D eigenvalue weighted by molar-refractivity contribution is 0.102. The maximum Gasteiger partial charge on any atom is 0.417 e. The van der Waals surface area contributed by atoms with Gasteiger partial charge in [-0.2, -0.15) is 4.98 Å². The minimum atomic E-state index is -0.552. The zero-order valence-electron chi connectivity index (χ0n) is 14.2. The van der Waals surface area contributed by atoms with Crippen molar-refractivity contribution in [3.63, 3.8) is 0 Å². The molecule has 0 saturated carbocycles. The van der Waals surface area contributed by atoms with Crippen LogP contribution in [0.4, 0.5) is 5.69 Å². The minimum Gasteiger partial charge on any atom is -0.485 e. The van der Waals surface area contributed by atoms with Crippen molar-refractivity contribution in [1.29, 1.82) is 0 Å². The molecule has 2 aromatic carbocycles. The zero-order chi connectivity index (χ0) is 18.8. The van der Waals surface area contributed by atoms with Gasteiger partial charge in [0.1, 0.15) is 5.75 Å². The van der Waals surface area contributed by atoms with Crippen molar-refractivity contribution < 1.29 is 18.5 Å². The normalized spacial score (nSPS) is 10.9. The molecule has 0 aliphatic heterocycles. The van der Waals surface area contributed by atoms with Crippen LogP contribution in [0.5, 0.6) is 5.75 Å². The standard InChI is InChI=1S/C18H14N4O5/c1-10-19-16(22-27-10)9-25-14-5-3-2-4-12(14)17(23)20-11-6-7-15-13(8-11)21-18(24)26-15/h2-8H,9H2,1H3,(H,20,23)(H,21,24). The lowest BCUT2D eigenvalue weighted by atomic mass is 10.2. The van der Waals surface area contributed by atoms with E-state index in [0.29, 0.717) is 39.8 Å². The molecule has 0 aliphatic rings. The number of fused-ring (bicyclic) bond motifs is 1. The van der Waals surface area contributed by atoms with Crippen LogP contribution in [-0.2, 0) is 6.61 Å². The number of nitrogens with one attached hydrogen (secondary N) is 2. The molecular formula is C18H14N4O5. The van der Waals surface area contributed by atoms with Gasteiger partial charge in [0.15, 0.2) is 12.2 Å². The van der Waals surface area contributed by atoms with Gasteiger partial charge >= 0.3 is 5.76 Å². The lowest BCUT2D eigenvalue weighted by Crippen LogP contribution is -2.13. The van der Waals surface area contributed by atoms with Gasteiger partial charge in [0.25, 0.3) is 5.91 Å². The molecule has 9 nitrogen and oxygen atoms in total. The van der Waals surface area contributed by atoms with Crippen molar-refractivity contribution >= 4 is 22.7 Å². The first-order valence-corrected chi connectivity index (χ1v) is 8.04. The number of oxazole rings is 1. The number of aryl methyl sites for hydroxylation is 1. The summed E-state index contributed by atoms with van der Waals surface area (Å²) in [5.74, 6) is 0.295. The number of H-pyrrole nitrogens is 1. The Morgan fingerprint density at radius 3 is 2.93 bits per heavy atom. The summed E-state index contributed by atoms with van der Waals surface area (Å²) in [6, 6.07) is 11.7. The molecule has 4 aromatic rings. The first-order valence-electron chi connectivity index (χ1n) is 8.04. The molecule has 0 radical (unpaired) electrons. The molecule has 1 amide bonds. The van der Waals surface area contributed by atoms with Crippen LogP contribution in [0.15, 0.2) is 56.2 Å². The highest BCUT2D eigenvalue weighted by Crippen LogP contribution is 2.22. The van der Waals surface area contributed by atoms with E-state index in [1.165, 1.54) is 0 Å². The molecule has 0 fully saturated rings. The van der Waals surface area contributed by atoms with Gasteiger partial charge in [0.05, 0.1) is 11.1 Å². The molecule has 2 aromatic heterocycles. The maximum atomic E-state index is 12.7. The van der Waals surface area contributed by atoms with E-state index in [4.69, 9.17) is 13.7 Å². The van der Waals surface area contributed by atoms with E-state index in [2.05, 4.69) is 20.4 Å². The average molecular weight is 366 g/mol. The largest absolute Gasteiger partial charge is 0.485 e. The van der Waals surface area contributed by atoms with E-state index in [1.54, 1.807) is 49.4 Å². The summed E-state index contributed by atoms with van der Waals surface area (Å²) < 4.78 is 15.5. The number of aromatic nitrogens is 3. The second-order valence-electron chi connectivity index (χ2n) is 5.69. The fraction of sp³-hybridized carbons (Fsp3) is 0.111. The van der Waals surface area contributed by atoms with Gasteiger partial charge in [-0.25, -0.2) is 4.79 Å². The highest BCUT2D eigenvalue weighted by molar-refractivity contribution is 6.06. The second-order valence-corrected chi connectivity index (χ2v) is 5.69. The van der Waals surface area contributed by atoms with E-state index >= 15 is 0 Å². The van der Waals surface area contributed by atoms with Gasteiger partial charge in [-0.3, -0.25) is 9.78 Å². The Labute approximate surface area is 152 Å². The smallest absolute Gasteiger partial charge is 0.417 e. The SMILES string of the molecule is Cc1nc(COc2ccccc2C(=O)Nc2ccc3oc(=O)[nH]c3c2)no1. The van der Waals surface area contributed by atoms with Crippen LogP contribution >= 0.6 is 0 Å². The van der Waals surface area contributed by atoms with Crippen molar-refractivity contribution in [3.8, 4) is 5.75 Å². The summed E-state index contributed by atoms with van der Waals surface area (Å²) in [7, 11) is 0. The molecule has 0 aliphatic carbocycles. The summed E-state index contributed by atoms with van der Waals surface area (Å²) in [6.45, 7) is 1.76. The molecule has 0 unspecified atom stereocenters. The predicted molar refractivity (Wildman–Crippen MR) is 94.6 cm³/mol. The Balaban J connectivity index is 1.53. The molecule has 0 saturated heterocycles. The number of amides is 1. The fourth-order valence-corrected chi connectivity index (χ4v) is 2.55. The van der Waals surface area contributed by atoms with Crippen molar-refractivity contribution in [2.24, 2.45) is 0 Å². The third-order valence-electron chi connectivity index (χ3n) is 3.73. The molecule has 27 heavy (non-hydrogen) atoms. The minimum absolute atomic E-state index is 0.0733. The molecule has 2 N–H and O–H groups in total. The van der Waals surface area contributed by atoms with Crippen molar-refractivity contribution in [2.45, 2.75) is 13.5 Å². The Morgan fingerprint density at radius 1 is 1.26 bits per heavy atom. The van der Waals surface area contributed by atoms with E-state index in [1.807, 2.05) is 0 Å². The van der Waals surface area contributed by atoms with Crippen molar-refractivity contribution in [3.05, 3.63) is 70.3 Å². The number of hydrogen-bond donors (Lipinski definition) is 2. The van der Waals surface area contributed by atoms with Gasteiger partial charge in [-0.1, -0.05) is 17.3 Å². The highest BCUT2D eigenvalue weighted by Gasteiger charge is 2.14. The van der Waals surface area contributed by atoms with Crippen LogP contribution in [-0.4, -0.2) is 21.0 Å². The summed E-state index contributed by atoms with van der Waals surface area (Å²) in [5, 5.41) is 6.52. The molecule has 0 bridgehead atoms. The Kier molecular flexibility index (Phi) is 4.17. The third-order valence-corrected chi connectivity index (χ3v) is 3.73. The number of nitrogens with zero attached hydrogens (tertiary/aromatic N) is 2. The Hall–Kier alpha value is -3.88. The van der Waals surface area contributed by atoms with Crippen LogP contribution in [0.2, 0.25) is 0 Å². The number of carbonyl (C=O) groups excluding carboxylic acids is 1. The summed E-state index contributed by atoms with van der Waals surface area (Å²) in [5.41, 5.74) is 1.76. The maximum absolute atomic E-state index is 12.7.